The van der Waals surface area contributed by atoms with Gasteiger partial charge in [-0.3, -0.25) is 0 Å². The summed E-state index contributed by atoms with van der Waals surface area (Å²) in [6.45, 7) is 2.65. The van der Waals surface area contributed by atoms with E-state index < -0.39 is 0 Å². The Morgan fingerprint density at radius 1 is 0.558 bits per heavy atom. The highest BCUT2D eigenvalue weighted by atomic mass is 16.5. The number of anilines is 4. The lowest BCUT2D eigenvalue weighted by molar-refractivity contribution is 0.340. The maximum atomic E-state index is 9.44. The molecule has 6 aromatic carbocycles. The van der Waals surface area contributed by atoms with E-state index in [-0.39, 0.29) is 11.5 Å². The van der Waals surface area contributed by atoms with Gasteiger partial charge in [-0.25, -0.2) is 0 Å². The van der Waals surface area contributed by atoms with Gasteiger partial charge in [0.15, 0.2) is 0 Å². The number of aromatic hydroxyl groups is 2. The number of ether oxygens (including phenoxy) is 2. The average molecular weight is 579 g/mol. The summed E-state index contributed by atoms with van der Waals surface area (Å²) in [5, 5.41) is 22.4. The summed E-state index contributed by atoms with van der Waals surface area (Å²) in [5.74, 6) is 2.03. The minimum atomic E-state index is 0.147. The van der Waals surface area contributed by atoms with Gasteiger partial charge in [-0.05, 0) is 66.9 Å². The van der Waals surface area contributed by atoms with Gasteiger partial charge in [-0.1, -0.05) is 66.7 Å². The molecule has 0 bridgehead atoms. The molecule has 0 amide bonds. The maximum absolute atomic E-state index is 9.44. The lowest BCUT2D eigenvalue weighted by Gasteiger charge is -2.02. The van der Waals surface area contributed by atoms with Crippen LogP contribution >= 0.6 is 0 Å². The normalized spacial score (nSPS) is 9.81. The number of nitrogens with two attached hydrogens (primary N) is 4. The highest BCUT2D eigenvalue weighted by molar-refractivity contribution is 5.97. The molecule has 0 aliphatic carbocycles. The van der Waals surface area contributed by atoms with Crippen molar-refractivity contribution in [1.82, 2.24) is 0 Å². The molecule has 0 saturated heterocycles. The Morgan fingerprint density at radius 3 is 1.74 bits per heavy atom. The first-order valence-electron chi connectivity index (χ1n) is 13.5. The Hall–Kier alpha value is -5.76. The Bertz CT molecular complexity index is 1690. The zero-order valence-corrected chi connectivity index (χ0v) is 24.3. The van der Waals surface area contributed by atoms with E-state index >= 15 is 0 Å². The van der Waals surface area contributed by atoms with Gasteiger partial charge in [0.05, 0.1) is 25.1 Å². The number of para-hydroxylation sites is 2. The molecule has 0 radical (unpaired) electrons. The number of fused-ring (bicyclic) bond motifs is 2. The van der Waals surface area contributed by atoms with Gasteiger partial charge >= 0.3 is 0 Å². The van der Waals surface area contributed by atoms with E-state index in [9.17, 15) is 10.2 Å². The largest absolute Gasteiger partial charge is 0.507 e. The topological polar surface area (TPSA) is 163 Å². The number of rotatable bonds is 3. The van der Waals surface area contributed by atoms with E-state index in [1.165, 1.54) is 0 Å². The van der Waals surface area contributed by atoms with Crippen LogP contribution in [0.5, 0.6) is 23.0 Å². The third-order valence-corrected chi connectivity index (χ3v) is 6.21. The van der Waals surface area contributed by atoms with E-state index in [4.69, 9.17) is 32.4 Å². The molecule has 43 heavy (non-hydrogen) atoms. The van der Waals surface area contributed by atoms with Crippen molar-refractivity contribution in [2.45, 2.75) is 6.92 Å². The first kappa shape index (κ1) is 31.8. The van der Waals surface area contributed by atoms with Crippen LogP contribution in [0.4, 0.5) is 22.7 Å². The van der Waals surface area contributed by atoms with E-state index in [2.05, 4.69) is 0 Å². The lowest BCUT2D eigenvalue weighted by Crippen LogP contribution is -1.91. The molecule has 0 heterocycles. The predicted octanol–water partition coefficient (Wildman–Crippen LogP) is 7.20. The van der Waals surface area contributed by atoms with E-state index in [1.807, 2.05) is 104 Å². The molecule has 0 unspecified atom stereocenters. The van der Waals surface area contributed by atoms with Crippen molar-refractivity contribution in [2.75, 3.05) is 36.7 Å². The molecule has 0 fully saturated rings. The summed E-state index contributed by atoms with van der Waals surface area (Å²) in [6, 6.07) is 36.8. The first-order chi connectivity index (χ1) is 20.7. The molecule has 6 aromatic rings. The number of benzene rings is 6. The zero-order valence-electron chi connectivity index (χ0n) is 24.3. The molecule has 0 aliphatic rings. The Labute approximate surface area is 251 Å². The van der Waals surface area contributed by atoms with Crippen LogP contribution in [0.1, 0.15) is 6.92 Å². The smallest absolute Gasteiger partial charge is 0.141 e. The summed E-state index contributed by atoms with van der Waals surface area (Å²) in [7, 11) is 1.60. The van der Waals surface area contributed by atoms with Crippen LogP contribution in [0, 0.1) is 0 Å². The molecule has 0 spiro atoms. The quantitative estimate of drug-likeness (QED) is 0.0729. The fourth-order valence-corrected chi connectivity index (χ4v) is 3.99. The molecule has 0 aliphatic heterocycles. The van der Waals surface area contributed by atoms with Gasteiger partial charge in [0.25, 0.3) is 0 Å². The SMILES string of the molecule is CCOc1ccc(N)cc1.COc1ccccc1N.Nc1c(O)ccc2ccccc12.Nc1ccc(O)c2ccccc12. The molecular weight excluding hydrogens is 540 g/mol. The van der Waals surface area contributed by atoms with E-state index in [1.54, 1.807) is 31.4 Å². The second-order valence-electron chi connectivity index (χ2n) is 9.18. The fourth-order valence-electron chi connectivity index (χ4n) is 3.99. The second-order valence-corrected chi connectivity index (χ2v) is 9.18. The summed E-state index contributed by atoms with van der Waals surface area (Å²) in [6.07, 6.45) is 0. The van der Waals surface area contributed by atoms with Crippen LogP contribution in [0.25, 0.3) is 21.5 Å². The van der Waals surface area contributed by atoms with Gasteiger partial charge in [-0.15, -0.1) is 0 Å². The highest BCUT2D eigenvalue weighted by Crippen LogP contribution is 2.29. The van der Waals surface area contributed by atoms with Crippen LogP contribution < -0.4 is 32.4 Å². The van der Waals surface area contributed by atoms with Crippen LogP contribution in [0.15, 0.2) is 121 Å². The minimum Gasteiger partial charge on any atom is -0.507 e. The Morgan fingerprint density at radius 2 is 1.14 bits per heavy atom. The molecule has 8 heteroatoms. The molecule has 0 aromatic heterocycles. The second kappa shape index (κ2) is 15.9. The predicted molar refractivity (Wildman–Crippen MR) is 179 cm³/mol. The zero-order chi connectivity index (χ0) is 31.2. The number of methoxy groups -OCH3 is 1. The van der Waals surface area contributed by atoms with Crippen LogP contribution in [0.2, 0.25) is 0 Å². The number of hydrogen-bond acceptors (Lipinski definition) is 8. The van der Waals surface area contributed by atoms with Gasteiger partial charge in [0.1, 0.15) is 23.0 Å². The first-order valence-corrected chi connectivity index (χ1v) is 13.5. The molecule has 0 saturated carbocycles. The van der Waals surface area contributed by atoms with Gasteiger partial charge in [0, 0.05) is 27.5 Å². The highest BCUT2D eigenvalue weighted by Gasteiger charge is 2.01. The maximum Gasteiger partial charge on any atom is 0.141 e. The summed E-state index contributed by atoms with van der Waals surface area (Å²) in [5.41, 5.74) is 25.0. The van der Waals surface area contributed by atoms with Crippen molar-refractivity contribution in [1.29, 1.82) is 0 Å². The van der Waals surface area contributed by atoms with Crippen molar-refractivity contribution in [3.63, 3.8) is 0 Å². The van der Waals surface area contributed by atoms with Crippen LogP contribution in [0.3, 0.4) is 0 Å². The third kappa shape index (κ3) is 9.12. The minimum absolute atomic E-state index is 0.147. The van der Waals surface area contributed by atoms with Crippen molar-refractivity contribution in [2.24, 2.45) is 0 Å². The van der Waals surface area contributed by atoms with Crippen LogP contribution in [-0.4, -0.2) is 23.9 Å². The van der Waals surface area contributed by atoms with Gasteiger partial charge < -0.3 is 42.6 Å². The number of phenols is 2. The van der Waals surface area contributed by atoms with Gasteiger partial charge in [0.2, 0.25) is 0 Å². The third-order valence-electron chi connectivity index (χ3n) is 6.21. The average Bonchev–Trinajstić information content (AvgIpc) is 3.04. The van der Waals surface area contributed by atoms with Crippen LogP contribution in [-0.2, 0) is 0 Å². The fraction of sp³-hybridized carbons (Fsp3) is 0.0857. The molecule has 0 atom stereocenters. The number of nitrogen functional groups attached to an aromatic ring is 4. The molecule has 10 N–H and O–H groups in total. The summed E-state index contributed by atoms with van der Waals surface area (Å²) >= 11 is 0. The van der Waals surface area contributed by atoms with Crippen molar-refractivity contribution < 1.29 is 19.7 Å². The van der Waals surface area contributed by atoms with E-state index in [0.717, 1.165) is 38.7 Å². The monoisotopic (exact) mass is 578 g/mol. The Kier molecular flexibility index (Phi) is 11.7. The summed E-state index contributed by atoms with van der Waals surface area (Å²) in [4.78, 5) is 0. The number of hydrogen-bond donors (Lipinski definition) is 6. The molecular formula is C35H38N4O4. The lowest BCUT2D eigenvalue weighted by atomic mass is 10.1. The standard InChI is InChI=1S/2C10H9NO.C8H11NO.C7H9NO/c11-9-5-6-10(12)8-4-2-1-3-7(8)9;11-10-8-4-2-1-3-7(8)5-6-9(10)12;1-2-10-8-5-3-7(9)4-6-8;1-9-7-5-3-2-4-6(7)8/h2*1-6,12H,11H2;3-6H,2,9H2,1H3;2-5H,8H2,1H3. The van der Waals surface area contributed by atoms with Crippen molar-refractivity contribution in [3.8, 4) is 23.0 Å². The molecule has 222 valence electrons. The summed E-state index contributed by atoms with van der Waals surface area (Å²) < 4.78 is 10.1. The van der Waals surface area contributed by atoms with Crippen molar-refractivity contribution >= 4 is 44.3 Å². The number of phenolic OH excluding ortho intramolecular Hbond substituents is 2. The molecule has 8 nitrogen and oxygen atoms in total. The van der Waals surface area contributed by atoms with Gasteiger partial charge in [-0.2, -0.15) is 0 Å². The molecule has 6 rings (SSSR count). The van der Waals surface area contributed by atoms with E-state index in [0.29, 0.717) is 23.7 Å². The van der Waals surface area contributed by atoms with Crippen molar-refractivity contribution in [3.05, 3.63) is 121 Å². The Balaban J connectivity index is 0.000000158.